The van der Waals surface area contributed by atoms with Crippen molar-refractivity contribution in [3.63, 3.8) is 0 Å². The maximum absolute atomic E-state index is 14.1. The van der Waals surface area contributed by atoms with Crippen molar-refractivity contribution in [3.8, 4) is 5.75 Å². The summed E-state index contributed by atoms with van der Waals surface area (Å²) in [6.45, 7) is 2.40. The highest BCUT2D eigenvalue weighted by molar-refractivity contribution is 9.10. The third kappa shape index (κ3) is 6.16. The Labute approximate surface area is 261 Å². The first-order valence-electron chi connectivity index (χ1n) is 13.8. The van der Waals surface area contributed by atoms with Crippen LogP contribution in [-0.2, 0) is 16.1 Å². The number of hydrogen-bond donors (Lipinski definition) is 0. The molecule has 2 heterocycles. The highest BCUT2D eigenvalue weighted by Gasteiger charge is 2.35. The van der Waals surface area contributed by atoms with Crippen LogP contribution in [-0.4, -0.2) is 17.1 Å². The van der Waals surface area contributed by atoms with E-state index >= 15 is 0 Å². The molecule has 6 nitrogen and oxygen atoms in total. The molecule has 5 aromatic rings. The largest absolute Gasteiger partial charge is 0.489 e. The third-order valence-electron chi connectivity index (χ3n) is 6.96. The van der Waals surface area contributed by atoms with Gasteiger partial charge in [0.25, 0.3) is 5.56 Å². The molecular formula is C35H27BrN2O4S. The predicted molar refractivity (Wildman–Crippen MR) is 172 cm³/mol. The van der Waals surface area contributed by atoms with Gasteiger partial charge < -0.3 is 9.47 Å². The maximum atomic E-state index is 14.1. The van der Waals surface area contributed by atoms with Gasteiger partial charge in [0, 0.05) is 10.0 Å². The van der Waals surface area contributed by atoms with Gasteiger partial charge in [-0.05, 0) is 54.0 Å². The van der Waals surface area contributed by atoms with Gasteiger partial charge in [0.05, 0.1) is 28.5 Å². The van der Waals surface area contributed by atoms with E-state index in [0.717, 1.165) is 26.7 Å². The second kappa shape index (κ2) is 12.8. The van der Waals surface area contributed by atoms with Crippen LogP contribution in [0.4, 0.5) is 0 Å². The van der Waals surface area contributed by atoms with E-state index in [1.807, 2.05) is 115 Å². The fourth-order valence-corrected chi connectivity index (χ4v) is 6.25. The first kappa shape index (κ1) is 28.6. The van der Waals surface area contributed by atoms with E-state index in [1.54, 1.807) is 11.5 Å². The van der Waals surface area contributed by atoms with Crippen molar-refractivity contribution in [2.24, 2.45) is 4.99 Å². The van der Waals surface area contributed by atoms with E-state index in [0.29, 0.717) is 33.0 Å². The quantitative estimate of drug-likeness (QED) is 0.186. The number of carbonyl (C=O) groups excluding carboxylic acids is 1. The lowest BCUT2D eigenvalue weighted by atomic mass is 9.93. The monoisotopic (exact) mass is 650 g/mol. The topological polar surface area (TPSA) is 69.9 Å². The normalized spacial score (nSPS) is 14.7. The van der Waals surface area contributed by atoms with Gasteiger partial charge in [-0.15, -0.1) is 0 Å². The Bertz CT molecular complexity index is 1980. The highest BCUT2D eigenvalue weighted by atomic mass is 79.9. The number of aromatic nitrogens is 1. The second-order valence-electron chi connectivity index (χ2n) is 9.83. The summed E-state index contributed by atoms with van der Waals surface area (Å²) in [7, 11) is 0. The molecule has 0 N–H and O–H groups in total. The summed E-state index contributed by atoms with van der Waals surface area (Å²) in [5, 5.41) is 0. The Morgan fingerprint density at radius 3 is 2.40 bits per heavy atom. The molecule has 8 heteroatoms. The minimum atomic E-state index is -0.700. The van der Waals surface area contributed by atoms with Crippen molar-refractivity contribution in [2.45, 2.75) is 19.6 Å². The van der Waals surface area contributed by atoms with Crippen molar-refractivity contribution >= 4 is 45.0 Å². The molecule has 0 radical (unpaired) electrons. The summed E-state index contributed by atoms with van der Waals surface area (Å²) in [6.07, 6.45) is 1.84. The molecule has 1 atom stereocenters. The fourth-order valence-electron chi connectivity index (χ4n) is 4.98. The number of thiazole rings is 1. The number of ether oxygens (including phenoxy) is 2. The van der Waals surface area contributed by atoms with E-state index in [1.165, 1.54) is 11.3 Å². The number of rotatable bonds is 8. The van der Waals surface area contributed by atoms with E-state index in [-0.39, 0.29) is 12.2 Å². The van der Waals surface area contributed by atoms with Crippen molar-refractivity contribution in [1.82, 2.24) is 4.57 Å². The Kier molecular flexibility index (Phi) is 8.49. The molecule has 214 valence electrons. The number of fused-ring (bicyclic) bond motifs is 1. The van der Waals surface area contributed by atoms with E-state index < -0.39 is 12.0 Å². The minimum absolute atomic E-state index is 0.205. The van der Waals surface area contributed by atoms with Gasteiger partial charge in [0.2, 0.25) is 0 Å². The number of benzene rings is 4. The lowest BCUT2D eigenvalue weighted by Gasteiger charge is -2.25. The number of esters is 1. The zero-order chi connectivity index (χ0) is 29.8. The Hall–Kier alpha value is -4.53. The lowest BCUT2D eigenvalue weighted by Crippen LogP contribution is -2.39. The summed E-state index contributed by atoms with van der Waals surface area (Å²) in [5.74, 6) is 0.200. The van der Waals surface area contributed by atoms with Crippen LogP contribution < -0.4 is 19.6 Å². The number of hydrogen-bond acceptors (Lipinski definition) is 6. The number of halogens is 1. The fraction of sp³-hybridized carbons (Fsp3) is 0.114. The molecule has 6 rings (SSSR count). The summed E-state index contributed by atoms with van der Waals surface area (Å²) in [4.78, 5) is 33.0. The molecule has 0 amide bonds. The molecule has 4 aromatic carbocycles. The molecule has 0 bridgehead atoms. The summed E-state index contributed by atoms with van der Waals surface area (Å²) in [6, 6.07) is 34.0. The summed E-state index contributed by atoms with van der Waals surface area (Å²) >= 11 is 4.75. The van der Waals surface area contributed by atoms with Crippen LogP contribution in [0.2, 0.25) is 0 Å². The molecule has 0 spiro atoms. The van der Waals surface area contributed by atoms with Crippen LogP contribution in [0.5, 0.6) is 5.75 Å². The third-order valence-corrected chi connectivity index (χ3v) is 8.48. The van der Waals surface area contributed by atoms with E-state index in [4.69, 9.17) is 14.5 Å². The van der Waals surface area contributed by atoms with Crippen LogP contribution in [0.1, 0.15) is 35.2 Å². The molecular weight excluding hydrogens is 624 g/mol. The lowest BCUT2D eigenvalue weighted by molar-refractivity contribution is -0.138. The van der Waals surface area contributed by atoms with Gasteiger partial charge in [-0.2, -0.15) is 0 Å². The zero-order valence-corrected chi connectivity index (χ0v) is 25.7. The summed E-state index contributed by atoms with van der Waals surface area (Å²) < 4.78 is 14.7. The van der Waals surface area contributed by atoms with Gasteiger partial charge in [-0.1, -0.05) is 112 Å². The Morgan fingerprint density at radius 1 is 0.953 bits per heavy atom. The summed E-state index contributed by atoms with van der Waals surface area (Å²) in [5.41, 5.74) is 4.06. The van der Waals surface area contributed by atoms with Gasteiger partial charge in [0.1, 0.15) is 12.4 Å². The first-order chi connectivity index (χ1) is 21.0. The van der Waals surface area contributed by atoms with E-state index in [2.05, 4.69) is 15.9 Å². The molecule has 0 unspecified atom stereocenters. The molecule has 0 fully saturated rings. The minimum Gasteiger partial charge on any atom is -0.489 e. The van der Waals surface area contributed by atoms with Crippen LogP contribution in [0.3, 0.4) is 0 Å². The molecule has 0 saturated carbocycles. The predicted octanol–water partition coefficient (Wildman–Crippen LogP) is 6.28. The van der Waals surface area contributed by atoms with Crippen molar-refractivity contribution < 1.29 is 14.3 Å². The van der Waals surface area contributed by atoms with E-state index in [9.17, 15) is 9.59 Å². The van der Waals surface area contributed by atoms with Crippen LogP contribution in [0, 0.1) is 0 Å². The Balaban J connectivity index is 1.46. The zero-order valence-electron chi connectivity index (χ0n) is 23.3. The van der Waals surface area contributed by atoms with Crippen molar-refractivity contribution in [3.05, 3.63) is 161 Å². The molecule has 1 aliphatic rings. The van der Waals surface area contributed by atoms with Gasteiger partial charge >= 0.3 is 5.97 Å². The van der Waals surface area contributed by atoms with Crippen LogP contribution in [0.25, 0.3) is 11.8 Å². The standard InChI is InChI=1S/C35H27BrN2O4S/c1-2-41-34(40)30-31(25-11-5-3-6-12-25)37-35-38(32(30)26-13-7-4-8-14-26)33(39)29(43-35)21-24-10-9-15-28(20-24)42-22-23-16-18-27(36)19-17-23/h3-21,32H,2,22H2,1H3/b29-21-/t32-/m0/s1. The molecule has 0 saturated heterocycles. The van der Waals surface area contributed by atoms with Gasteiger partial charge in [-0.3, -0.25) is 9.36 Å². The molecule has 0 aliphatic carbocycles. The Morgan fingerprint density at radius 2 is 1.67 bits per heavy atom. The second-order valence-corrected chi connectivity index (χ2v) is 11.8. The van der Waals surface area contributed by atoms with Crippen LogP contribution in [0.15, 0.2) is 129 Å². The van der Waals surface area contributed by atoms with Gasteiger partial charge in [-0.25, -0.2) is 9.79 Å². The average molecular weight is 652 g/mol. The molecule has 1 aliphatic heterocycles. The van der Waals surface area contributed by atoms with Crippen molar-refractivity contribution in [2.75, 3.05) is 6.61 Å². The first-order valence-corrected chi connectivity index (χ1v) is 15.4. The smallest absolute Gasteiger partial charge is 0.338 e. The molecule has 1 aromatic heterocycles. The SMILES string of the molecule is CCOC(=O)C1=C(c2ccccc2)N=c2s/c(=C\c3cccc(OCc4ccc(Br)cc4)c3)c(=O)n2[C@H]1c1ccccc1. The average Bonchev–Trinajstić information content (AvgIpc) is 3.35. The molecule has 43 heavy (non-hydrogen) atoms. The number of nitrogens with zero attached hydrogens (tertiary/aromatic N) is 2. The van der Waals surface area contributed by atoms with Gasteiger partial charge in [0.15, 0.2) is 4.80 Å². The van der Waals surface area contributed by atoms with Crippen molar-refractivity contribution in [1.29, 1.82) is 0 Å². The van der Waals surface area contributed by atoms with Crippen LogP contribution >= 0.6 is 27.3 Å². The number of carbonyl (C=O) groups is 1. The highest BCUT2D eigenvalue weighted by Crippen LogP contribution is 2.35. The maximum Gasteiger partial charge on any atom is 0.338 e.